The van der Waals surface area contributed by atoms with Crippen LogP contribution < -0.4 is 20.9 Å². The molecule has 4 saturated heterocycles. The number of aryl methyl sites for hydroxylation is 1. The smallest absolute Gasteiger partial charge is 0.274 e. The van der Waals surface area contributed by atoms with Crippen LogP contribution in [0.5, 0.6) is 0 Å². The van der Waals surface area contributed by atoms with Crippen molar-refractivity contribution in [3.05, 3.63) is 95.0 Å². The molecule has 20 heteroatoms. The van der Waals surface area contributed by atoms with Crippen LogP contribution >= 0.6 is 11.3 Å². The van der Waals surface area contributed by atoms with Gasteiger partial charge in [0.25, 0.3) is 5.91 Å². The summed E-state index contributed by atoms with van der Waals surface area (Å²) in [6, 6.07) is 14.0. The second-order valence-corrected chi connectivity index (χ2v) is 23.9. The Morgan fingerprint density at radius 3 is 2.24 bits per heavy atom. The van der Waals surface area contributed by atoms with E-state index >= 15 is 0 Å². The van der Waals surface area contributed by atoms with E-state index in [1.54, 1.807) is 41.9 Å². The summed E-state index contributed by atoms with van der Waals surface area (Å²) in [5.74, 6) is 0.303. The predicted molar refractivity (Wildman–Crippen MR) is 309 cm³/mol. The van der Waals surface area contributed by atoms with Gasteiger partial charge in [0.1, 0.15) is 12.1 Å². The predicted octanol–water partition coefficient (Wildman–Crippen LogP) is 6.03. The third kappa shape index (κ3) is 16.7. The number of nitrogens with one attached hydrogen (secondary N) is 3. The highest BCUT2D eigenvalue weighted by Crippen LogP contribution is 2.30. The number of piperidine rings is 2. The fourth-order valence-electron chi connectivity index (χ4n) is 11.4. The Bertz CT molecular complexity index is 2710. The molecule has 4 fully saturated rings. The third-order valence-electron chi connectivity index (χ3n) is 16.2. The zero-order valence-corrected chi connectivity index (χ0v) is 48.0. The van der Waals surface area contributed by atoms with Crippen molar-refractivity contribution in [1.29, 1.82) is 0 Å². The number of carbonyl (C=O) groups is 6. The molecule has 80 heavy (non-hydrogen) atoms. The van der Waals surface area contributed by atoms with Crippen molar-refractivity contribution in [1.82, 2.24) is 55.7 Å². The molecule has 4 aliphatic rings. The molecular formula is C60H82N12O7S. The third-order valence-corrected chi connectivity index (χ3v) is 17.2. The summed E-state index contributed by atoms with van der Waals surface area (Å²) in [4.78, 5) is 99.2. The number of rotatable bonds is 22. The highest BCUT2D eigenvalue weighted by molar-refractivity contribution is 7.13. The van der Waals surface area contributed by atoms with Crippen molar-refractivity contribution in [3.63, 3.8) is 0 Å². The number of benzene rings is 1. The van der Waals surface area contributed by atoms with Crippen LogP contribution in [-0.2, 0) is 30.5 Å². The molecule has 0 aliphatic carbocycles. The van der Waals surface area contributed by atoms with Gasteiger partial charge >= 0.3 is 0 Å². The minimum absolute atomic E-state index is 0.00657. The van der Waals surface area contributed by atoms with Crippen LogP contribution in [0.1, 0.15) is 132 Å². The maximum atomic E-state index is 14.1. The first kappa shape index (κ1) is 59.5. The molecule has 4 aromatic rings. The summed E-state index contributed by atoms with van der Waals surface area (Å²) >= 11 is 1.58. The Morgan fingerprint density at radius 1 is 0.812 bits per heavy atom. The molecule has 6 amide bonds. The number of carbonyl (C=O) groups excluding carboxylic acids is 6. The molecule has 430 valence electrons. The van der Waals surface area contributed by atoms with Crippen molar-refractivity contribution < 1.29 is 33.9 Å². The average molecular weight is 1120 g/mol. The number of nitrogens with zero attached hydrogens (tertiary/aromatic N) is 9. The van der Waals surface area contributed by atoms with Gasteiger partial charge in [-0.3, -0.25) is 38.7 Å². The number of pyridine rings is 1. The molecular weight excluding hydrogens is 1030 g/mol. The van der Waals surface area contributed by atoms with Crippen molar-refractivity contribution in [2.45, 2.75) is 142 Å². The standard InChI is InChI=1S/C60H82N12O7S/c1-42-55(80-41-64-42)46-18-15-45(16-19-46)39-63-57(77)50-37-48(73)40-72(50)59(79)56(60(2,3)4)65-53(75)13-6-5-7-14-54(76)70-35-33-68(34-36-70)47-25-31-69(32-26-47)51-21-20-49(66-67-51)58(78)71-29-23-43(24-30-71)11-8-9-28-62-52(74)22-17-44-12-10-27-61-38-44/h10,12,15-22,27,38,41,43,47-48,50,56,73H,5-9,11,13-14,23-26,28-37,39-40H2,1-4H3,(H,62,74)(H,63,77)(H,65,75)/b22-17+/t48-,50+,56-/m1/s1. The number of β-amino-alcohol motifs (C(OH)–C–C–N with tert-alkyl or cyclic N) is 1. The lowest BCUT2D eigenvalue weighted by molar-refractivity contribution is -0.144. The molecule has 7 heterocycles. The minimum atomic E-state index is -0.901. The van der Waals surface area contributed by atoms with Gasteiger partial charge in [-0.25, -0.2) is 4.98 Å². The van der Waals surface area contributed by atoms with Crippen LogP contribution in [0.2, 0.25) is 0 Å². The second kappa shape index (κ2) is 28.7. The highest BCUT2D eigenvalue weighted by Gasteiger charge is 2.44. The minimum Gasteiger partial charge on any atom is -0.391 e. The Labute approximate surface area is 475 Å². The van der Waals surface area contributed by atoms with Gasteiger partial charge in [-0.2, -0.15) is 0 Å². The summed E-state index contributed by atoms with van der Waals surface area (Å²) in [5.41, 5.74) is 5.35. The van der Waals surface area contributed by atoms with Gasteiger partial charge in [0.15, 0.2) is 11.5 Å². The summed E-state index contributed by atoms with van der Waals surface area (Å²) in [6.07, 6.45) is 15.5. The zero-order chi connectivity index (χ0) is 56.6. The van der Waals surface area contributed by atoms with Crippen molar-refractivity contribution >= 4 is 58.7 Å². The fraction of sp³-hybridized carbons (Fsp3) is 0.567. The Kier molecular flexibility index (Phi) is 21.3. The highest BCUT2D eigenvalue weighted by atomic mass is 32.1. The molecule has 4 aliphatic heterocycles. The average Bonchev–Trinajstić information content (AvgIpc) is 4.11. The summed E-state index contributed by atoms with van der Waals surface area (Å²) in [5, 5.41) is 28.4. The van der Waals surface area contributed by atoms with Crippen LogP contribution in [0.4, 0.5) is 5.82 Å². The molecule has 3 atom stereocenters. The van der Waals surface area contributed by atoms with Crippen molar-refractivity contribution in [3.8, 4) is 10.4 Å². The zero-order valence-electron chi connectivity index (χ0n) is 47.2. The number of aliphatic hydroxyl groups excluding tert-OH is 1. The van der Waals surface area contributed by atoms with E-state index in [1.165, 1.54) is 4.90 Å². The number of aliphatic hydroxyl groups is 1. The van der Waals surface area contributed by atoms with Gasteiger partial charge in [0.2, 0.25) is 29.5 Å². The molecule has 19 nitrogen and oxygen atoms in total. The van der Waals surface area contributed by atoms with E-state index in [0.29, 0.717) is 76.1 Å². The van der Waals surface area contributed by atoms with Gasteiger partial charge in [-0.05, 0) is 104 Å². The van der Waals surface area contributed by atoms with E-state index in [9.17, 15) is 33.9 Å². The second-order valence-electron chi connectivity index (χ2n) is 23.1. The molecule has 8 rings (SSSR count). The molecule has 1 aromatic carbocycles. The summed E-state index contributed by atoms with van der Waals surface area (Å²) in [6.45, 7) is 14.6. The first-order chi connectivity index (χ1) is 38.6. The van der Waals surface area contributed by atoms with E-state index in [-0.39, 0.29) is 55.5 Å². The Hall–Kier alpha value is -6.64. The number of amides is 6. The number of unbranched alkanes of at least 4 members (excludes halogenated alkanes) is 3. The number of anilines is 1. The number of aromatic nitrogens is 4. The van der Waals surface area contributed by atoms with E-state index in [0.717, 1.165) is 104 Å². The fourth-order valence-corrected chi connectivity index (χ4v) is 12.2. The summed E-state index contributed by atoms with van der Waals surface area (Å²) in [7, 11) is 0. The van der Waals surface area contributed by atoms with Crippen LogP contribution in [0, 0.1) is 18.3 Å². The molecule has 0 saturated carbocycles. The molecule has 0 spiro atoms. The van der Waals surface area contributed by atoms with Crippen molar-refractivity contribution in [2.24, 2.45) is 11.3 Å². The lowest BCUT2D eigenvalue weighted by Crippen LogP contribution is -2.57. The first-order valence-corrected chi connectivity index (χ1v) is 29.8. The van der Waals surface area contributed by atoms with Crippen LogP contribution in [0.25, 0.3) is 16.5 Å². The lowest BCUT2D eigenvalue weighted by Gasteiger charge is -2.43. The number of hydrogen-bond acceptors (Lipinski definition) is 14. The van der Waals surface area contributed by atoms with Gasteiger partial charge in [0.05, 0.1) is 22.2 Å². The van der Waals surface area contributed by atoms with Crippen molar-refractivity contribution in [2.75, 3.05) is 70.3 Å². The number of likely N-dealkylation sites (tertiary alicyclic amines) is 2. The van der Waals surface area contributed by atoms with Crippen LogP contribution in [-0.4, -0.2) is 170 Å². The number of thiazole rings is 1. The van der Waals surface area contributed by atoms with E-state index in [4.69, 9.17) is 0 Å². The van der Waals surface area contributed by atoms with Crippen LogP contribution in [0.3, 0.4) is 0 Å². The van der Waals surface area contributed by atoms with Gasteiger partial charge in [-0.15, -0.1) is 21.5 Å². The topological polar surface area (TPSA) is 226 Å². The van der Waals surface area contributed by atoms with E-state index in [1.807, 2.05) is 85.5 Å². The Morgan fingerprint density at radius 2 is 1.56 bits per heavy atom. The van der Waals surface area contributed by atoms with Gasteiger partial charge in [0, 0.05) is 116 Å². The van der Waals surface area contributed by atoms with E-state index in [2.05, 4.69) is 45.9 Å². The van der Waals surface area contributed by atoms with Crippen LogP contribution in [0.15, 0.2) is 72.5 Å². The summed E-state index contributed by atoms with van der Waals surface area (Å²) < 4.78 is 0. The van der Waals surface area contributed by atoms with E-state index < -0.39 is 29.5 Å². The maximum absolute atomic E-state index is 14.1. The lowest BCUT2D eigenvalue weighted by atomic mass is 9.85. The molecule has 3 aromatic heterocycles. The maximum Gasteiger partial charge on any atom is 0.274 e. The molecule has 4 N–H and O–H groups in total. The molecule has 0 radical (unpaired) electrons. The molecule has 0 bridgehead atoms. The first-order valence-electron chi connectivity index (χ1n) is 28.9. The SMILES string of the molecule is Cc1ncsc1-c1ccc(CNC(=O)[C@@H]2C[C@@H](O)CN2C(=O)[C@@H](NC(=O)CCCCCC(=O)N2CCN(C3CCN(c4ccc(C(=O)N5CCC(CCCCNC(=O)/C=C/c6cccnc6)CC5)nn4)CC3)CC2)C(C)(C)C)cc1. The van der Waals surface area contributed by atoms with Gasteiger partial charge in [-0.1, -0.05) is 70.4 Å². The number of hydrogen-bond donors (Lipinski definition) is 4. The monoisotopic (exact) mass is 1110 g/mol. The number of piperazine rings is 1. The Balaban J connectivity index is 0.669. The van der Waals surface area contributed by atoms with Gasteiger partial charge < -0.3 is 40.7 Å². The largest absolute Gasteiger partial charge is 0.391 e. The normalized spacial score (nSPS) is 19.1. The molecule has 0 unspecified atom stereocenters. The quantitative estimate of drug-likeness (QED) is 0.0522.